The highest BCUT2D eigenvalue weighted by Crippen LogP contribution is 2.11. The molecule has 0 saturated carbocycles. The van der Waals surface area contributed by atoms with E-state index in [2.05, 4.69) is 4.99 Å². The summed E-state index contributed by atoms with van der Waals surface area (Å²) < 4.78 is 29.0. The molecule has 0 aromatic carbocycles. The van der Waals surface area contributed by atoms with Crippen molar-refractivity contribution in [3.05, 3.63) is 0 Å². The Hall–Kier alpha value is -0.710. The largest absolute Gasteiger partial charge is 0.386 e. The molecule has 1 unspecified atom stereocenters. The Morgan fingerprint density at radius 3 is 3.00 bits per heavy atom. The maximum atomic E-state index is 12.1. The number of hydrogen-bond donors (Lipinski definition) is 1. The van der Waals surface area contributed by atoms with Gasteiger partial charge in [0, 0.05) is 6.61 Å². The van der Waals surface area contributed by atoms with Crippen molar-refractivity contribution in [1.82, 2.24) is 0 Å². The first kappa shape index (κ1) is 8.39. The van der Waals surface area contributed by atoms with Crippen LogP contribution in [-0.4, -0.2) is 31.5 Å². The maximum Gasteiger partial charge on any atom is 0.260 e. The van der Waals surface area contributed by atoms with E-state index in [1.54, 1.807) is 0 Å². The van der Waals surface area contributed by atoms with Gasteiger partial charge in [0.15, 0.2) is 0 Å². The number of nitrogens with two attached hydrogens (primary N) is 1. The summed E-state index contributed by atoms with van der Waals surface area (Å²) in [6.07, 6.45) is -2.19. The van der Waals surface area contributed by atoms with E-state index >= 15 is 0 Å². The molecule has 1 heterocycles. The van der Waals surface area contributed by atoms with Crippen LogP contribution < -0.4 is 5.73 Å². The van der Waals surface area contributed by atoms with Crippen LogP contribution in [0.3, 0.4) is 0 Å². The third-order valence-corrected chi connectivity index (χ3v) is 1.43. The Kier molecular flexibility index (Phi) is 2.76. The van der Waals surface area contributed by atoms with Crippen molar-refractivity contribution < 1.29 is 13.5 Å². The molecular formula is C6H10F2N2O. The first-order chi connectivity index (χ1) is 5.20. The van der Waals surface area contributed by atoms with Gasteiger partial charge in [-0.25, -0.2) is 8.78 Å². The smallest absolute Gasteiger partial charge is 0.260 e. The number of amidine groups is 1. The molecule has 64 valence electrons. The van der Waals surface area contributed by atoms with E-state index in [0.29, 0.717) is 6.61 Å². The average molecular weight is 164 g/mol. The van der Waals surface area contributed by atoms with Crippen LogP contribution in [0.5, 0.6) is 0 Å². The zero-order valence-corrected chi connectivity index (χ0v) is 5.96. The summed E-state index contributed by atoms with van der Waals surface area (Å²) in [6.45, 7) is 0.475. The van der Waals surface area contributed by atoms with Gasteiger partial charge < -0.3 is 10.5 Å². The number of aliphatic imine (C=N–C) groups is 1. The Bertz CT molecular complexity index is 161. The molecule has 0 radical (unpaired) electrons. The molecule has 0 spiro atoms. The SMILES string of the molecule is NC1=NC(C(F)F)CCOC1. The third kappa shape index (κ3) is 2.42. The fraction of sp³-hybridized carbons (Fsp3) is 0.833. The summed E-state index contributed by atoms with van der Waals surface area (Å²) in [5, 5.41) is 0. The Morgan fingerprint density at radius 1 is 1.64 bits per heavy atom. The van der Waals surface area contributed by atoms with Crippen LogP contribution >= 0.6 is 0 Å². The highest BCUT2D eigenvalue weighted by molar-refractivity contribution is 5.81. The van der Waals surface area contributed by atoms with Crippen molar-refractivity contribution in [1.29, 1.82) is 0 Å². The maximum absolute atomic E-state index is 12.1. The fourth-order valence-corrected chi connectivity index (χ4v) is 0.878. The van der Waals surface area contributed by atoms with Gasteiger partial charge in [-0.1, -0.05) is 0 Å². The second-order valence-corrected chi connectivity index (χ2v) is 2.36. The first-order valence-corrected chi connectivity index (χ1v) is 3.38. The van der Waals surface area contributed by atoms with E-state index in [1.807, 2.05) is 0 Å². The zero-order valence-electron chi connectivity index (χ0n) is 5.96. The molecule has 0 fully saturated rings. The van der Waals surface area contributed by atoms with Crippen molar-refractivity contribution in [2.24, 2.45) is 10.7 Å². The predicted molar refractivity (Wildman–Crippen MR) is 36.9 cm³/mol. The topological polar surface area (TPSA) is 47.6 Å². The highest BCUT2D eigenvalue weighted by Gasteiger charge is 2.21. The van der Waals surface area contributed by atoms with Gasteiger partial charge in [0.1, 0.15) is 18.5 Å². The van der Waals surface area contributed by atoms with Gasteiger partial charge in [0.2, 0.25) is 0 Å². The lowest BCUT2D eigenvalue weighted by atomic mass is 10.2. The summed E-state index contributed by atoms with van der Waals surface area (Å²) in [5.41, 5.74) is 5.25. The second kappa shape index (κ2) is 3.61. The minimum absolute atomic E-state index is 0.160. The molecular weight excluding hydrogens is 154 g/mol. The molecule has 1 atom stereocenters. The minimum Gasteiger partial charge on any atom is -0.386 e. The molecule has 5 heteroatoms. The minimum atomic E-state index is -2.43. The van der Waals surface area contributed by atoms with E-state index in [-0.39, 0.29) is 18.9 Å². The number of nitrogens with zero attached hydrogens (tertiary/aromatic N) is 1. The highest BCUT2D eigenvalue weighted by atomic mass is 19.3. The lowest BCUT2D eigenvalue weighted by molar-refractivity contribution is 0.0955. The van der Waals surface area contributed by atoms with E-state index in [9.17, 15) is 8.78 Å². The van der Waals surface area contributed by atoms with Gasteiger partial charge in [0.25, 0.3) is 6.43 Å². The quantitative estimate of drug-likeness (QED) is 0.609. The number of hydrogen-bond acceptors (Lipinski definition) is 3. The standard InChI is InChI=1S/C6H10F2N2O/c7-6(8)4-1-2-11-3-5(9)10-4/h4,6H,1-3H2,(H2,9,10). The number of halogens is 2. The van der Waals surface area contributed by atoms with E-state index in [0.717, 1.165) is 0 Å². The fourth-order valence-electron chi connectivity index (χ4n) is 0.878. The molecule has 1 aliphatic heterocycles. The van der Waals surface area contributed by atoms with Crippen LogP contribution in [0.15, 0.2) is 4.99 Å². The molecule has 3 nitrogen and oxygen atoms in total. The van der Waals surface area contributed by atoms with Gasteiger partial charge in [0.05, 0.1) is 0 Å². The Morgan fingerprint density at radius 2 is 2.36 bits per heavy atom. The normalized spacial score (nSPS) is 26.5. The molecule has 0 aliphatic carbocycles. The second-order valence-electron chi connectivity index (χ2n) is 2.36. The molecule has 1 rings (SSSR count). The summed E-state index contributed by atoms with van der Waals surface area (Å²) in [4.78, 5) is 3.59. The summed E-state index contributed by atoms with van der Waals surface area (Å²) in [7, 11) is 0. The lowest BCUT2D eigenvalue weighted by Crippen LogP contribution is -2.21. The summed E-state index contributed by atoms with van der Waals surface area (Å²) >= 11 is 0. The molecule has 0 saturated heterocycles. The third-order valence-electron chi connectivity index (χ3n) is 1.43. The van der Waals surface area contributed by atoms with Gasteiger partial charge in [-0.05, 0) is 6.42 Å². The van der Waals surface area contributed by atoms with Gasteiger partial charge >= 0.3 is 0 Å². The molecule has 2 N–H and O–H groups in total. The van der Waals surface area contributed by atoms with Crippen molar-refractivity contribution in [3.8, 4) is 0 Å². The number of rotatable bonds is 1. The van der Waals surface area contributed by atoms with Crippen molar-refractivity contribution >= 4 is 5.84 Å². The number of alkyl halides is 2. The predicted octanol–water partition coefficient (Wildman–Crippen LogP) is 0.398. The zero-order chi connectivity index (χ0) is 8.27. The Balaban J connectivity index is 2.56. The van der Waals surface area contributed by atoms with Crippen molar-refractivity contribution in [3.63, 3.8) is 0 Å². The van der Waals surface area contributed by atoms with Crippen LogP contribution in [0, 0.1) is 0 Å². The van der Waals surface area contributed by atoms with Crippen molar-refractivity contribution in [2.45, 2.75) is 18.9 Å². The van der Waals surface area contributed by atoms with Crippen LogP contribution in [0.1, 0.15) is 6.42 Å². The van der Waals surface area contributed by atoms with Gasteiger partial charge in [-0.15, -0.1) is 0 Å². The van der Waals surface area contributed by atoms with Crippen LogP contribution in [0.25, 0.3) is 0 Å². The van der Waals surface area contributed by atoms with Crippen LogP contribution in [-0.2, 0) is 4.74 Å². The van der Waals surface area contributed by atoms with E-state index in [1.165, 1.54) is 0 Å². The molecule has 0 aromatic rings. The summed E-state index contributed by atoms with van der Waals surface area (Å²) in [6, 6.07) is -0.975. The van der Waals surface area contributed by atoms with Crippen molar-refractivity contribution in [2.75, 3.05) is 13.2 Å². The number of ether oxygens (including phenoxy) is 1. The first-order valence-electron chi connectivity index (χ1n) is 3.38. The monoisotopic (exact) mass is 164 g/mol. The summed E-state index contributed by atoms with van der Waals surface area (Å²) in [5.74, 6) is 0.160. The molecule has 0 amide bonds. The van der Waals surface area contributed by atoms with E-state index < -0.39 is 12.5 Å². The molecule has 0 bridgehead atoms. The van der Waals surface area contributed by atoms with Crippen LogP contribution in [0.4, 0.5) is 8.78 Å². The average Bonchev–Trinajstić information content (AvgIpc) is 2.13. The van der Waals surface area contributed by atoms with Gasteiger partial charge in [-0.2, -0.15) is 0 Å². The van der Waals surface area contributed by atoms with Gasteiger partial charge in [-0.3, -0.25) is 4.99 Å². The lowest BCUT2D eigenvalue weighted by Gasteiger charge is -2.07. The Labute approximate surface area is 63.2 Å². The molecule has 0 aromatic heterocycles. The van der Waals surface area contributed by atoms with E-state index in [4.69, 9.17) is 10.5 Å². The molecule has 11 heavy (non-hydrogen) atoms. The van der Waals surface area contributed by atoms with Crippen LogP contribution in [0.2, 0.25) is 0 Å². The molecule has 1 aliphatic rings.